The Hall–Kier alpha value is -1.42. The third kappa shape index (κ3) is 4.28. The topological polar surface area (TPSA) is 87.2 Å². The van der Waals surface area contributed by atoms with Crippen LogP contribution >= 0.6 is 23.5 Å². The molecule has 26 heavy (non-hydrogen) atoms. The average Bonchev–Trinajstić information content (AvgIpc) is 3.45. The number of tetrazole rings is 2. The molecule has 2 aromatic rings. The lowest BCUT2D eigenvalue weighted by molar-refractivity contribution is 0.423. The predicted molar refractivity (Wildman–Crippen MR) is 101 cm³/mol. The molecule has 0 bridgehead atoms. The second-order valence-corrected chi connectivity index (χ2v) is 8.76. The summed E-state index contributed by atoms with van der Waals surface area (Å²) in [4.78, 5) is 0. The lowest BCUT2D eigenvalue weighted by Crippen LogP contribution is -2.08. The van der Waals surface area contributed by atoms with E-state index in [4.69, 9.17) is 0 Å². The fourth-order valence-electron chi connectivity index (χ4n) is 3.70. The Kier molecular flexibility index (Phi) is 6.21. The summed E-state index contributed by atoms with van der Waals surface area (Å²) < 4.78 is 4.02. The van der Waals surface area contributed by atoms with Crippen LogP contribution in [0.5, 0.6) is 0 Å². The third-order valence-electron chi connectivity index (χ3n) is 5.05. The van der Waals surface area contributed by atoms with Gasteiger partial charge in [0.05, 0.1) is 12.1 Å². The molecule has 8 nitrogen and oxygen atoms in total. The highest BCUT2D eigenvalue weighted by atomic mass is 32.2. The van der Waals surface area contributed by atoms with Gasteiger partial charge in [-0.25, -0.2) is 9.36 Å². The molecule has 2 aliphatic carbocycles. The van der Waals surface area contributed by atoms with Gasteiger partial charge in [-0.3, -0.25) is 0 Å². The molecule has 2 saturated carbocycles. The van der Waals surface area contributed by atoms with Crippen molar-refractivity contribution >= 4 is 23.5 Å². The van der Waals surface area contributed by atoms with Gasteiger partial charge in [0.1, 0.15) is 0 Å². The van der Waals surface area contributed by atoms with Crippen molar-refractivity contribution in [3.8, 4) is 0 Å². The van der Waals surface area contributed by atoms with Crippen molar-refractivity contribution in [3.63, 3.8) is 0 Å². The Bertz CT molecular complexity index is 655. The summed E-state index contributed by atoms with van der Waals surface area (Å²) in [6, 6.07) is 0.975. The van der Waals surface area contributed by atoms with Crippen molar-refractivity contribution < 1.29 is 0 Å². The normalized spacial score (nSPS) is 19.2. The Morgan fingerprint density at radius 2 is 1.15 bits per heavy atom. The van der Waals surface area contributed by atoms with E-state index in [1.54, 1.807) is 23.5 Å². The van der Waals surface area contributed by atoms with E-state index in [9.17, 15) is 0 Å². The number of rotatable bonds is 8. The van der Waals surface area contributed by atoms with Crippen molar-refractivity contribution in [3.05, 3.63) is 12.2 Å². The monoisotopic (exact) mass is 392 g/mol. The largest absolute Gasteiger partial charge is 0.217 e. The number of hydrogen-bond donors (Lipinski definition) is 0. The van der Waals surface area contributed by atoms with E-state index in [1.165, 1.54) is 51.4 Å². The van der Waals surface area contributed by atoms with E-state index in [-0.39, 0.29) is 0 Å². The van der Waals surface area contributed by atoms with Gasteiger partial charge in [0.25, 0.3) is 0 Å². The first kappa shape index (κ1) is 18.0. The second-order valence-electron chi connectivity index (χ2n) is 6.78. The first-order valence-corrected chi connectivity index (χ1v) is 11.4. The molecule has 0 spiro atoms. The van der Waals surface area contributed by atoms with Gasteiger partial charge in [0.2, 0.25) is 10.3 Å². The number of hydrogen-bond acceptors (Lipinski definition) is 8. The molecule has 4 rings (SSSR count). The molecule has 0 saturated heterocycles. The summed E-state index contributed by atoms with van der Waals surface area (Å²) in [5.41, 5.74) is 0. The number of aromatic nitrogens is 8. The zero-order valence-electron chi connectivity index (χ0n) is 14.8. The minimum atomic E-state index is 0.487. The Balaban J connectivity index is 1.22. The molecule has 2 aromatic heterocycles. The van der Waals surface area contributed by atoms with E-state index in [0.29, 0.717) is 12.1 Å². The summed E-state index contributed by atoms with van der Waals surface area (Å²) in [6.45, 7) is 0. The van der Waals surface area contributed by atoms with Gasteiger partial charge in [-0.05, 0) is 46.5 Å². The molecule has 0 atom stereocenters. The van der Waals surface area contributed by atoms with Crippen LogP contribution in [0, 0.1) is 0 Å². The van der Waals surface area contributed by atoms with Crippen LogP contribution in [0.3, 0.4) is 0 Å². The highest BCUT2D eigenvalue weighted by molar-refractivity contribution is 7.99. The molecule has 0 amide bonds. The quantitative estimate of drug-likeness (QED) is 0.499. The van der Waals surface area contributed by atoms with Crippen molar-refractivity contribution in [2.45, 2.75) is 73.8 Å². The fraction of sp³-hybridized carbons (Fsp3) is 0.750. The van der Waals surface area contributed by atoms with Gasteiger partial charge in [-0.15, -0.1) is 10.2 Å². The number of nitrogens with zero attached hydrogens (tertiary/aromatic N) is 8. The molecule has 0 unspecified atom stereocenters. The van der Waals surface area contributed by atoms with Gasteiger partial charge < -0.3 is 0 Å². The molecule has 2 heterocycles. The smallest absolute Gasteiger partial charge is 0.209 e. The standard InChI is InChI=1S/C16H24N8S2/c1-2-8-13(7-1)23-15(17-19-21-23)25-11-5-6-12-26-16-18-20-22-24(16)14-9-3-4-10-14/h5-6,13-14H,1-4,7-12H2/b6-5+. The lowest BCUT2D eigenvalue weighted by Gasteiger charge is -2.10. The summed E-state index contributed by atoms with van der Waals surface area (Å²) >= 11 is 3.39. The minimum absolute atomic E-state index is 0.487. The van der Waals surface area contributed by atoms with Crippen LogP contribution in [-0.2, 0) is 0 Å². The third-order valence-corrected chi connectivity index (χ3v) is 6.82. The van der Waals surface area contributed by atoms with Crippen LogP contribution in [0.15, 0.2) is 22.5 Å². The van der Waals surface area contributed by atoms with E-state index in [1.807, 2.05) is 9.36 Å². The van der Waals surface area contributed by atoms with E-state index in [2.05, 4.69) is 43.2 Å². The van der Waals surface area contributed by atoms with Gasteiger partial charge >= 0.3 is 0 Å². The highest BCUT2D eigenvalue weighted by Crippen LogP contribution is 2.32. The first-order chi connectivity index (χ1) is 12.9. The maximum Gasteiger partial charge on any atom is 0.209 e. The SMILES string of the molecule is C(=C\CSc1nnnn1C1CCCC1)/CSc1nnnn1C1CCCC1. The van der Waals surface area contributed by atoms with E-state index < -0.39 is 0 Å². The highest BCUT2D eigenvalue weighted by Gasteiger charge is 2.22. The lowest BCUT2D eigenvalue weighted by atomic mass is 10.3. The zero-order valence-corrected chi connectivity index (χ0v) is 16.4. The van der Waals surface area contributed by atoms with Crippen LogP contribution in [0.25, 0.3) is 0 Å². The Morgan fingerprint density at radius 1 is 0.731 bits per heavy atom. The van der Waals surface area contributed by atoms with Gasteiger partial charge in [0.15, 0.2) is 0 Å². The van der Waals surface area contributed by atoms with Crippen molar-refractivity contribution in [2.24, 2.45) is 0 Å². The maximum absolute atomic E-state index is 4.18. The van der Waals surface area contributed by atoms with Gasteiger partial charge in [-0.2, -0.15) is 0 Å². The molecular formula is C16H24N8S2. The van der Waals surface area contributed by atoms with Crippen LogP contribution < -0.4 is 0 Å². The zero-order chi connectivity index (χ0) is 17.6. The molecule has 0 radical (unpaired) electrons. The summed E-state index contributed by atoms with van der Waals surface area (Å²) in [5, 5.41) is 26.3. The average molecular weight is 393 g/mol. The van der Waals surface area contributed by atoms with E-state index in [0.717, 1.165) is 21.8 Å². The van der Waals surface area contributed by atoms with Crippen molar-refractivity contribution in [1.82, 2.24) is 40.4 Å². The predicted octanol–water partition coefficient (Wildman–Crippen LogP) is 3.33. The molecule has 140 valence electrons. The molecular weight excluding hydrogens is 368 g/mol. The van der Waals surface area contributed by atoms with Crippen LogP contribution in [0.4, 0.5) is 0 Å². The molecule has 0 N–H and O–H groups in total. The summed E-state index contributed by atoms with van der Waals surface area (Å²) in [5.74, 6) is 1.75. The van der Waals surface area contributed by atoms with E-state index >= 15 is 0 Å². The minimum Gasteiger partial charge on any atom is -0.217 e. The Morgan fingerprint density at radius 3 is 1.58 bits per heavy atom. The Labute approximate surface area is 161 Å². The molecule has 2 fully saturated rings. The van der Waals surface area contributed by atoms with Crippen molar-refractivity contribution in [2.75, 3.05) is 11.5 Å². The first-order valence-electron chi connectivity index (χ1n) is 9.38. The van der Waals surface area contributed by atoms with Crippen LogP contribution in [0.1, 0.15) is 63.5 Å². The van der Waals surface area contributed by atoms with Crippen molar-refractivity contribution in [1.29, 1.82) is 0 Å². The van der Waals surface area contributed by atoms with Gasteiger partial charge in [0, 0.05) is 11.5 Å². The summed E-state index contributed by atoms with van der Waals surface area (Å²) in [6.07, 6.45) is 14.3. The second kappa shape index (κ2) is 8.98. The number of thioether (sulfide) groups is 2. The molecule has 2 aliphatic rings. The van der Waals surface area contributed by atoms with Crippen LogP contribution in [-0.4, -0.2) is 51.9 Å². The molecule has 0 aliphatic heterocycles. The van der Waals surface area contributed by atoms with Gasteiger partial charge in [-0.1, -0.05) is 61.4 Å². The molecule has 0 aromatic carbocycles. The maximum atomic E-state index is 4.18. The molecule has 10 heteroatoms. The fourth-order valence-corrected chi connectivity index (χ4v) is 5.29. The summed E-state index contributed by atoms with van der Waals surface area (Å²) in [7, 11) is 0. The van der Waals surface area contributed by atoms with Crippen LogP contribution in [0.2, 0.25) is 0 Å².